The van der Waals surface area contributed by atoms with E-state index in [0.717, 1.165) is 26.9 Å². The van der Waals surface area contributed by atoms with E-state index >= 15 is 0 Å². The van der Waals surface area contributed by atoms with E-state index in [2.05, 4.69) is 43.9 Å². The van der Waals surface area contributed by atoms with E-state index in [1.807, 2.05) is 34.4 Å². The van der Waals surface area contributed by atoms with E-state index in [1.165, 1.54) is 16.9 Å². The Morgan fingerprint density at radius 3 is 2.68 bits per heavy atom. The number of carbonyl (C=O) groups is 2. The first-order chi connectivity index (χ1) is 16.4. The Hall–Kier alpha value is -3.16. The highest BCUT2D eigenvalue weighted by atomic mass is 32.1. The average Bonchev–Trinajstić information content (AvgIpc) is 3.53. The second-order valence-corrected chi connectivity index (χ2v) is 10.1. The number of esters is 1. The van der Waals surface area contributed by atoms with E-state index in [1.54, 1.807) is 24.3 Å². The molecule has 0 saturated heterocycles. The van der Waals surface area contributed by atoms with Crippen LogP contribution in [0.2, 0.25) is 0 Å². The molecule has 0 saturated carbocycles. The van der Waals surface area contributed by atoms with Crippen LogP contribution in [-0.2, 0) is 11.3 Å². The van der Waals surface area contributed by atoms with Gasteiger partial charge in [0.15, 0.2) is 0 Å². The summed E-state index contributed by atoms with van der Waals surface area (Å²) in [5, 5.41) is 8.41. The molecule has 3 heterocycles. The average molecular weight is 493 g/mol. The van der Waals surface area contributed by atoms with Crippen LogP contribution in [0.1, 0.15) is 58.7 Å². The van der Waals surface area contributed by atoms with Crippen LogP contribution >= 0.6 is 22.7 Å². The third kappa shape index (κ3) is 4.33. The van der Waals surface area contributed by atoms with Gasteiger partial charge in [-0.25, -0.2) is 4.79 Å². The number of nitrogens with zero attached hydrogens (tertiary/aromatic N) is 1. The van der Waals surface area contributed by atoms with E-state index in [0.29, 0.717) is 28.7 Å². The molecule has 0 aliphatic rings. The fourth-order valence-corrected chi connectivity index (χ4v) is 5.91. The van der Waals surface area contributed by atoms with Crippen molar-refractivity contribution >= 4 is 50.5 Å². The second-order valence-electron chi connectivity index (χ2n) is 8.31. The van der Waals surface area contributed by atoms with Gasteiger partial charge in [0.1, 0.15) is 16.3 Å². The smallest absolute Gasteiger partial charge is 0.341 e. The Morgan fingerprint density at radius 1 is 1.24 bits per heavy atom. The maximum Gasteiger partial charge on any atom is 0.341 e. The molecule has 176 valence electrons. The van der Waals surface area contributed by atoms with Gasteiger partial charge in [0.05, 0.1) is 6.61 Å². The third-order valence-corrected chi connectivity index (χ3v) is 7.62. The number of rotatable bonds is 8. The van der Waals surface area contributed by atoms with Crippen LogP contribution in [-0.4, -0.2) is 23.1 Å². The Balaban J connectivity index is 1.79. The molecule has 1 amide bonds. The minimum atomic E-state index is -0.438. The van der Waals surface area contributed by atoms with Crippen molar-refractivity contribution < 1.29 is 14.3 Å². The standard InChI is InChI=1S/C27H28N2O3S2/c1-6-12-29-21-11-10-18(16(3)4)14-19(21)17(5)24(29)25(30)28-26-23(27(31)32-7-2)20(15-34-26)22-9-8-13-33-22/h6,8-11,13-16H,1,7,12H2,2-5H3,(H,28,30). The molecule has 0 atom stereocenters. The van der Waals surface area contributed by atoms with Crippen LogP contribution < -0.4 is 5.32 Å². The van der Waals surface area contributed by atoms with E-state index in [-0.39, 0.29) is 12.5 Å². The quantitative estimate of drug-likeness (QED) is 0.205. The highest BCUT2D eigenvalue weighted by Crippen LogP contribution is 2.39. The van der Waals surface area contributed by atoms with Crippen LogP contribution in [0.3, 0.4) is 0 Å². The SMILES string of the molecule is C=CCn1c(C(=O)Nc2scc(-c3cccs3)c2C(=O)OCC)c(C)c2cc(C(C)C)ccc21. The molecule has 4 rings (SSSR count). The van der Waals surface area contributed by atoms with Gasteiger partial charge in [-0.3, -0.25) is 4.79 Å². The summed E-state index contributed by atoms with van der Waals surface area (Å²) in [7, 11) is 0. The van der Waals surface area contributed by atoms with Gasteiger partial charge in [0, 0.05) is 33.3 Å². The number of aryl methyl sites for hydroxylation is 1. The lowest BCUT2D eigenvalue weighted by molar-refractivity contribution is 0.0529. The molecule has 1 N–H and O–H groups in total. The van der Waals surface area contributed by atoms with Gasteiger partial charge in [0.25, 0.3) is 5.91 Å². The number of aromatic nitrogens is 1. The molecule has 7 heteroatoms. The predicted octanol–water partition coefficient (Wildman–Crippen LogP) is 7.48. The molecule has 0 aliphatic carbocycles. The third-order valence-electron chi connectivity index (χ3n) is 5.82. The monoisotopic (exact) mass is 492 g/mol. The summed E-state index contributed by atoms with van der Waals surface area (Å²) in [5.41, 5.74) is 4.86. The predicted molar refractivity (Wildman–Crippen MR) is 143 cm³/mol. The topological polar surface area (TPSA) is 60.3 Å². The van der Waals surface area contributed by atoms with Crippen LogP contribution in [0, 0.1) is 6.92 Å². The lowest BCUT2D eigenvalue weighted by Crippen LogP contribution is -2.19. The van der Waals surface area contributed by atoms with Gasteiger partial charge in [-0.05, 0) is 54.5 Å². The molecule has 0 aliphatic heterocycles. The molecular formula is C27H28N2O3S2. The summed E-state index contributed by atoms with van der Waals surface area (Å²) in [4.78, 5) is 27.5. The van der Waals surface area contributed by atoms with Crippen molar-refractivity contribution in [2.45, 2.75) is 40.2 Å². The van der Waals surface area contributed by atoms with E-state index < -0.39 is 5.97 Å². The van der Waals surface area contributed by atoms with Crippen molar-refractivity contribution in [2.24, 2.45) is 0 Å². The molecule has 0 unspecified atom stereocenters. The normalized spacial score (nSPS) is 11.2. The molecule has 0 radical (unpaired) electrons. The molecule has 0 spiro atoms. The van der Waals surface area contributed by atoms with Crippen molar-refractivity contribution in [2.75, 3.05) is 11.9 Å². The summed E-state index contributed by atoms with van der Waals surface area (Å²) in [6.07, 6.45) is 1.79. The number of amides is 1. The van der Waals surface area contributed by atoms with Crippen LogP contribution in [0.5, 0.6) is 0 Å². The van der Waals surface area contributed by atoms with Gasteiger partial charge in [-0.2, -0.15) is 0 Å². The molecular weight excluding hydrogens is 464 g/mol. The number of carbonyl (C=O) groups excluding carboxylic acids is 2. The molecule has 0 bridgehead atoms. The summed E-state index contributed by atoms with van der Waals surface area (Å²) >= 11 is 2.88. The van der Waals surface area contributed by atoms with Crippen molar-refractivity contribution in [3.63, 3.8) is 0 Å². The van der Waals surface area contributed by atoms with Gasteiger partial charge in [-0.15, -0.1) is 29.3 Å². The lowest BCUT2D eigenvalue weighted by atomic mass is 10.0. The summed E-state index contributed by atoms with van der Waals surface area (Å²) < 4.78 is 7.31. The van der Waals surface area contributed by atoms with Gasteiger partial charge in [0.2, 0.25) is 0 Å². The number of anilines is 1. The van der Waals surface area contributed by atoms with Crippen LogP contribution in [0.15, 0.2) is 53.7 Å². The molecule has 1 aromatic carbocycles. The van der Waals surface area contributed by atoms with Crippen molar-refractivity contribution in [1.82, 2.24) is 4.57 Å². The largest absolute Gasteiger partial charge is 0.462 e. The first-order valence-corrected chi connectivity index (χ1v) is 13.0. The molecule has 0 fully saturated rings. The summed E-state index contributed by atoms with van der Waals surface area (Å²) in [5.74, 6) is -0.308. The van der Waals surface area contributed by atoms with Crippen molar-refractivity contribution in [3.8, 4) is 10.4 Å². The number of benzene rings is 1. The Labute approximate surface area is 207 Å². The number of ether oxygens (including phenoxy) is 1. The Kier molecular flexibility index (Phi) is 7.05. The van der Waals surface area contributed by atoms with Crippen LogP contribution in [0.4, 0.5) is 5.00 Å². The van der Waals surface area contributed by atoms with E-state index in [4.69, 9.17) is 4.74 Å². The fraction of sp³-hybridized carbons (Fsp3) is 0.259. The van der Waals surface area contributed by atoms with Crippen molar-refractivity contribution in [1.29, 1.82) is 0 Å². The lowest BCUT2D eigenvalue weighted by Gasteiger charge is -2.11. The number of hydrogen-bond acceptors (Lipinski definition) is 5. The maximum atomic E-state index is 13.6. The highest BCUT2D eigenvalue weighted by Gasteiger charge is 2.26. The highest BCUT2D eigenvalue weighted by molar-refractivity contribution is 7.17. The first kappa shape index (κ1) is 24.0. The maximum absolute atomic E-state index is 13.6. The van der Waals surface area contributed by atoms with Crippen molar-refractivity contribution in [3.05, 3.63) is 76.1 Å². The number of nitrogens with one attached hydrogen (secondary N) is 1. The van der Waals surface area contributed by atoms with Gasteiger partial charge >= 0.3 is 5.97 Å². The van der Waals surface area contributed by atoms with Gasteiger partial charge in [-0.1, -0.05) is 32.1 Å². The second kappa shape index (κ2) is 9.99. The minimum Gasteiger partial charge on any atom is -0.462 e. The van der Waals surface area contributed by atoms with E-state index in [9.17, 15) is 9.59 Å². The summed E-state index contributed by atoms with van der Waals surface area (Å²) in [6.45, 7) is 12.7. The zero-order valence-corrected chi connectivity index (χ0v) is 21.4. The first-order valence-electron chi connectivity index (χ1n) is 11.2. The summed E-state index contributed by atoms with van der Waals surface area (Å²) in [6, 6.07) is 10.2. The molecule has 5 nitrogen and oxygen atoms in total. The molecule has 3 aromatic heterocycles. The van der Waals surface area contributed by atoms with Gasteiger partial charge < -0.3 is 14.6 Å². The zero-order chi connectivity index (χ0) is 24.4. The Morgan fingerprint density at radius 2 is 2.03 bits per heavy atom. The fourth-order valence-electron chi connectivity index (χ4n) is 4.14. The van der Waals surface area contributed by atoms with Crippen LogP contribution in [0.25, 0.3) is 21.3 Å². The molecule has 34 heavy (non-hydrogen) atoms. The molecule has 4 aromatic rings. The minimum absolute atomic E-state index is 0.258. The number of fused-ring (bicyclic) bond motifs is 1. The Bertz CT molecular complexity index is 1360. The number of thiophene rings is 2. The number of hydrogen-bond donors (Lipinski definition) is 1. The number of allylic oxidation sites excluding steroid dienone is 1. The zero-order valence-electron chi connectivity index (χ0n) is 19.8.